The topological polar surface area (TPSA) is 318 Å². The van der Waals surface area contributed by atoms with Gasteiger partial charge in [-0.25, -0.2) is 0 Å². The molecule has 13 N–H and O–H groups in total. The number of fused-ring (bicyclic) bond motifs is 5. The fraction of sp³-hybridized carbons (Fsp3) is 0.959. The van der Waals surface area contributed by atoms with Crippen molar-refractivity contribution in [1.82, 2.24) is 0 Å². The van der Waals surface area contributed by atoms with E-state index in [0.29, 0.717) is 25.7 Å². The Morgan fingerprint density at radius 3 is 1.91 bits per heavy atom. The average molecular weight is 977 g/mol. The molecule has 0 aromatic heterocycles. The van der Waals surface area contributed by atoms with Crippen molar-refractivity contribution in [2.75, 3.05) is 19.8 Å². The summed E-state index contributed by atoms with van der Waals surface area (Å²) in [5.41, 5.74) is -2.16. The molecule has 0 amide bonds. The fourth-order valence-corrected chi connectivity index (χ4v) is 14.3. The van der Waals surface area contributed by atoms with Crippen molar-refractivity contribution in [2.24, 2.45) is 51.2 Å². The Labute approximate surface area is 400 Å². The summed E-state index contributed by atoms with van der Waals surface area (Å²) < 4.78 is 35.6. The van der Waals surface area contributed by atoms with Gasteiger partial charge in [0, 0.05) is 23.2 Å². The second-order valence-electron chi connectivity index (χ2n) is 23.5. The van der Waals surface area contributed by atoms with Gasteiger partial charge in [0.05, 0.1) is 62.0 Å². The number of rotatable bonds is 14. The maximum absolute atomic E-state index is 12.6. The minimum Gasteiger partial charge on any atom is -0.394 e. The van der Waals surface area contributed by atoms with Gasteiger partial charge < -0.3 is 94.8 Å². The predicted molar refractivity (Wildman–Crippen MR) is 240 cm³/mol. The lowest BCUT2D eigenvalue weighted by Gasteiger charge is -2.67. The van der Waals surface area contributed by atoms with E-state index in [2.05, 4.69) is 40.7 Å². The lowest BCUT2D eigenvalue weighted by Crippen LogP contribution is -2.65. The van der Waals surface area contributed by atoms with Gasteiger partial charge in [-0.3, -0.25) is 0 Å². The molecule has 7 aliphatic rings. The van der Waals surface area contributed by atoms with Crippen molar-refractivity contribution in [3.8, 4) is 0 Å². The second kappa shape index (κ2) is 20.0. The molecule has 3 aliphatic heterocycles. The van der Waals surface area contributed by atoms with Crippen molar-refractivity contribution in [3.05, 3.63) is 11.6 Å². The van der Waals surface area contributed by atoms with Crippen LogP contribution in [0.25, 0.3) is 0 Å². The first-order valence-electron chi connectivity index (χ1n) is 24.9. The molecule has 3 saturated carbocycles. The maximum atomic E-state index is 12.6. The number of hydrogen-bond acceptors (Lipinski definition) is 19. The van der Waals surface area contributed by atoms with Gasteiger partial charge in [0.1, 0.15) is 54.9 Å². The Balaban J connectivity index is 1.03. The smallest absolute Gasteiger partial charge is 0.187 e. The van der Waals surface area contributed by atoms with Crippen LogP contribution >= 0.6 is 0 Å². The zero-order valence-corrected chi connectivity index (χ0v) is 41.2. The molecule has 68 heavy (non-hydrogen) atoms. The normalized spacial score (nSPS) is 50.9. The molecule has 0 radical (unpaired) electrons. The van der Waals surface area contributed by atoms with Gasteiger partial charge in [-0.15, -0.1) is 0 Å². The fourth-order valence-electron chi connectivity index (χ4n) is 14.3. The third kappa shape index (κ3) is 9.21. The molecule has 7 rings (SSSR count). The molecule has 6 fully saturated rings. The molecule has 0 spiro atoms. The molecule has 394 valence electrons. The van der Waals surface area contributed by atoms with E-state index < -0.39 is 158 Å². The zero-order valence-electron chi connectivity index (χ0n) is 41.2. The largest absolute Gasteiger partial charge is 0.394 e. The van der Waals surface area contributed by atoms with Crippen molar-refractivity contribution in [3.63, 3.8) is 0 Å². The van der Waals surface area contributed by atoms with Gasteiger partial charge in [0.15, 0.2) is 18.9 Å². The summed E-state index contributed by atoms with van der Waals surface area (Å²) in [5, 5.41) is 141. The Kier molecular flexibility index (Phi) is 16.1. The Morgan fingerprint density at radius 1 is 0.721 bits per heavy atom. The monoisotopic (exact) mass is 977 g/mol. The second-order valence-corrected chi connectivity index (χ2v) is 23.5. The number of ether oxygens (including phenoxy) is 6. The molecule has 19 heteroatoms. The highest BCUT2D eigenvalue weighted by atomic mass is 16.7. The van der Waals surface area contributed by atoms with Crippen LogP contribution in [0.2, 0.25) is 0 Å². The van der Waals surface area contributed by atoms with Crippen LogP contribution in [-0.4, -0.2) is 202 Å². The highest BCUT2D eigenvalue weighted by molar-refractivity contribution is 5.32. The van der Waals surface area contributed by atoms with Gasteiger partial charge in [-0.1, -0.05) is 60.1 Å². The summed E-state index contributed by atoms with van der Waals surface area (Å²) >= 11 is 0. The van der Waals surface area contributed by atoms with Gasteiger partial charge in [0.2, 0.25) is 0 Å². The molecule has 19 nitrogen and oxygen atoms in total. The molecule has 1 unspecified atom stereocenters. The molecular weight excluding hydrogens is 893 g/mol. The minimum absolute atomic E-state index is 0.0136. The number of aliphatic hydroxyl groups excluding tert-OH is 12. The Morgan fingerprint density at radius 2 is 1.29 bits per heavy atom. The summed E-state index contributed by atoms with van der Waals surface area (Å²) in [6, 6.07) is 0. The van der Waals surface area contributed by atoms with Crippen LogP contribution in [0.4, 0.5) is 0 Å². The highest BCUT2D eigenvalue weighted by Crippen LogP contribution is 2.75. The van der Waals surface area contributed by atoms with Crippen LogP contribution in [0.5, 0.6) is 0 Å². The van der Waals surface area contributed by atoms with Gasteiger partial charge >= 0.3 is 0 Å². The molecule has 3 saturated heterocycles. The molecule has 3 heterocycles. The first-order chi connectivity index (χ1) is 31.6. The van der Waals surface area contributed by atoms with Crippen LogP contribution in [-0.2, 0) is 28.4 Å². The van der Waals surface area contributed by atoms with Gasteiger partial charge in [-0.05, 0) is 86.9 Å². The Bertz CT molecular complexity index is 1740. The SMILES string of the molecule is C[C@H]1[C@H](O)[C@@H](O)[C@H](OC[C@H]2O[C@@H](O[C@H](CC(O)[C@@H](C)[C@H]3CC[C@@]4(C)[C@@H]5CC=C6[C@@H](CC[C@H](O[C@@H]7O[C@H](CO)[C@@H](O)[C@H](O)[C@H]7O)C6(C)C)[C@]5(C)[C@H](O)C[C@]34C)C(C)(C)O)[C@H](O)[C@@H](O)[C@@H]2O)O[C@@H]1CO. The van der Waals surface area contributed by atoms with Crippen molar-refractivity contribution in [2.45, 2.75) is 223 Å². The molecule has 0 aromatic carbocycles. The molecule has 26 atom stereocenters. The van der Waals surface area contributed by atoms with E-state index in [9.17, 15) is 66.4 Å². The lowest BCUT2D eigenvalue weighted by molar-refractivity contribution is -0.339. The zero-order chi connectivity index (χ0) is 50.4. The quantitative estimate of drug-likeness (QED) is 0.0947. The summed E-state index contributed by atoms with van der Waals surface area (Å²) in [6.45, 7) is 16.0. The molecule has 0 bridgehead atoms. The van der Waals surface area contributed by atoms with E-state index in [-0.39, 0.29) is 35.5 Å². The highest BCUT2D eigenvalue weighted by Gasteiger charge is 2.70. The van der Waals surface area contributed by atoms with Crippen LogP contribution in [0, 0.1) is 51.2 Å². The van der Waals surface area contributed by atoms with E-state index in [0.717, 1.165) is 18.4 Å². The summed E-state index contributed by atoms with van der Waals surface area (Å²) in [5.74, 6) is -0.899. The van der Waals surface area contributed by atoms with E-state index in [4.69, 9.17) is 28.4 Å². The number of allylic oxidation sites excluding steroid dienone is 1. The molecule has 4 aliphatic carbocycles. The van der Waals surface area contributed by atoms with Crippen molar-refractivity contribution >= 4 is 0 Å². The van der Waals surface area contributed by atoms with E-state index in [1.54, 1.807) is 6.92 Å². The third-order valence-electron chi connectivity index (χ3n) is 19.2. The summed E-state index contributed by atoms with van der Waals surface area (Å²) in [7, 11) is 0. The van der Waals surface area contributed by atoms with Crippen molar-refractivity contribution in [1.29, 1.82) is 0 Å². The first kappa shape index (κ1) is 54.7. The third-order valence-corrected chi connectivity index (χ3v) is 19.2. The summed E-state index contributed by atoms with van der Waals surface area (Å²) in [4.78, 5) is 0. The van der Waals surface area contributed by atoms with E-state index >= 15 is 0 Å². The first-order valence-corrected chi connectivity index (χ1v) is 24.9. The lowest BCUT2D eigenvalue weighted by atomic mass is 9.38. The van der Waals surface area contributed by atoms with Gasteiger partial charge in [-0.2, -0.15) is 0 Å². The van der Waals surface area contributed by atoms with Crippen LogP contribution in [0.1, 0.15) is 107 Å². The maximum Gasteiger partial charge on any atom is 0.187 e. The van der Waals surface area contributed by atoms with Crippen LogP contribution < -0.4 is 0 Å². The van der Waals surface area contributed by atoms with E-state index in [1.807, 2.05) is 6.92 Å². The number of aliphatic hydroxyl groups is 13. The Hall–Kier alpha value is -1.02. The van der Waals surface area contributed by atoms with Crippen LogP contribution in [0.3, 0.4) is 0 Å². The minimum atomic E-state index is -1.78. The number of hydrogen-bond donors (Lipinski definition) is 13. The average Bonchev–Trinajstić information content (AvgIpc) is 3.55. The standard InChI is InChI=1S/C49H84O19/c1-21(26(52)16-33(46(5,6)62)68-44-41(61)38(58)36(56)29(66-44)20-63-42-39(59)34(54)22(2)27(18-50)64-42)23-14-15-47(7)30-12-10-24-25(49(30,9)31(53)17-48(23,47)8)11-13-32(45(24,3)4)67-43-40(60)37(57)35(55)28(19-51)65-43/h10,21-23,25-44,50-62H,11-20H2,1-9H3/t21-,22+,23+,25+,26?,27+,28+,29+,30-,31+,32-,33+,34-,35+,36+,37-,38-,39+,40+,41+,42+,43-,44-,47-,48+,49-/m0/s1. The summed E-state index contributed by atoms with van der Waals surface area (Å²) in [6.07, 6.45) is -17.1. The van der Waals surface area contributed by atoms with Gasteiger partial charge in [0.25, 0.3) is 0 Å². The van der Waals surface area contributed by atoms with E-state index in [1.165, 1.54) is 13.8 Å². The molecule has 0 aromatic rings. The molecular formula is C49H84O19. The van der Waals surface area contributed by atoms with Crippen LogP contribution in [0.15, 0.2) is 11.6 Å². The predicted octanol–water partition coefficient (Wildman–Crippen LogP) is -0.810. The van der Waals surface area contributed by atoms with Crippen molar-refractivity contribution < 1.29 is 94.8 Å².